The molecule has 1 aliphatic rings. The molecule has 0 amide bonds. The second kappa shape index (κ2) is 1.67. The van der Waals surface area contributed by atoms with Gasteiger partial charge in [-0.2, -0.15) is 0 Å². The van der Waals surface area contributed by atoms with Crippen molar-refractivity contribution < 1.29 is 5.11 Å². The van der Waals surface area contributed by atoms with Crippen LogP contribution in [0, 0.1) is 5.44 Å². The van der Waals surface area contributed by atoms with Gasteiger partial charge in [-0.25, -0.2) is 0 Å². The van der Waals surface area contributed by atoms with E-state index >= 15 is 0 Å². The fourth-order valence-corrected chi connectivity index (χ4v) is 0.866. The van der Waals surface area contributed by atoms with Crippen LogP contribution in [0.2, 0.25) is 0 Å². The number of thioether (sulfide) groups is 1. The van der Waals surface area contributed by atoms with Gasteiger partial charge in [0.2, 0.25) is 0 Å². The molecule has 0 atom stereocenters. The van der Waals surface area contributed by atoms with Gasteiger partial charge in [0.1, 0.15) is 0 Å². The second-order valence-corrected chi connectivity index (χ2v) is 2.07. The minimum absolute atomic E-state index is 0.509. The maximum absolute atomic E-state index is 8.55. The van der Waals surface area contributed by atoms with E-state index in [1.54, 1.807) is 0 Å². The van der Waals surface area contributed by atoms with Crippen molar-refractivity contribution in [2.75, 3.05) is 0 Å². The van der Waals surface area contributed by atoms with Crippen LogP contribution < -0.4 is 0 Å². The van der Waals surface area contributed by atoms with Gasteiger partial charge in [-0.3, -0.25) is 0 Å². The van der Waals surface area contributed by atoms with E-state index in [0.29, 0.717) is 5.44 Å². The summed E-state index contributed by atoms with van der Waals surface area (Å²) in [5.41, 5.74) is 0.509. The molecule has 6 heavy (non-hydrogen) atoms. The predicted molar refractivity (Wildman–Crippen MR) is 26.5 cm³/mol. The minimum Gasteiger partial charge on any atom is -0.375 e. The Labute approximate surface area is 41.1 Å². The standard InChI is InChI=1S/C4H5OS/c5-4-2-1-3-6-4/h1,3,5H,2H2. The summed E-state index contributed by atoms with van der Waals surface area (Å²) >= 11 is 1.39. The van der Waals surface area contributed by atoms with E-state index in [0.717, 1.165) is 6.42 Å². The highest BCUT2D eigenvalue weighted by molar-refractivity contribution is 8.04. The second-order valence-electron chi connectivity index (χ2n) is 1.09. The third-order valence-electron chi connectivity index (χ3n) is 0.593. The molecule has 2 heteroatoms. The van der Waals surface area contributed by atoms with Crippen LogP contribution in [0.3, 0.4) is 0 Å². The van der Waals surface area contributed by atoms with Gasteiger partial charge < -0.3 is 5.11 Å². The lowest BCUT2D eigenvalue weighted by Gasteiger charge is -1.89. The lowest BCUT2D eigenvalue weighted by molar-refractivity contribution is 0.367. The van der Waals surface area contributed by atoms with E-state index in [9.17, 15) is 0 Å². The Morgan fingerprint density at radius 1 is 1.83 bits per heavy atom. The Morgan fingerprint density at radius 2 is 2.67 bits per heavy atom. The fourth-order valence-electron chi connectivity index (χ4n) is 0.324. The van der Waals surface area contributed by atoms with Crippen LogP contribution in [0.15, 0.2) is 11.5 Å². The van der Waals surface area contributed by atoms with Gasteiger partial charge in [0.25, 0.3) is 0 Å². The highest BCUT2D eigenvalue weighted by atomic mass is 32.2. The van der Waals surface area contributed by atoms with Crippen molar-refractivity contribution in [1.82, 2.24) is 0 Å². The monoisotopic (exact) mass is 101 g/mol. The first kappa shape index (κ1) is 4.22. The van der Waals surface area contributed by atoms with Crippen molar-refractivity contribution in [3.05, 3.63) is 16.9 Å². The summed E-state index contributed by atoms with van der Waals surface area (Å²) < 4.78 is 0. The van der Waals surface area contributed by atoms with Gasteiger partial charge in [-0.05, 0) is 5.41 Å². The summed E-state index contributed by atoms with van der Waals surface area (Å²) in [5, 5.41) is 10.4. The van der Waals surface area contributed by atoms with Gasteiger partial charge in [0.05, 0.1) is 0 Å². The average molecular weight is 101 g/mol. The first-order valence-corrected chi connectivity index (χ1v) is 2.64. The molecule has 1 radical (unpaired) electrons. The van der Waals surface area contributed by atoms with Crippen molar-refractivity contribution in [2.45, 2.75) is 6.42 Å². The normalized spacial score (nSPS) is 22.8. The number of aliphatic hydroxyl groups is 1. The first-order valence-electron chi connectivity index (χ1n) is 1.76. The van der Waals surface area contributed by atoms with Crippen LogP contribution in [-0.4, -0.2) is 5.11 Å². The van der Waals surface area contributed by atoms with Gasteiger partial charge >= 0.3 is 0 Å². The van der Waals surface area contributed by atoms with Crippen LogP contribution in [0.5, 0.6) is 0 Å². The molecule has 0 unspecified atom stereocenters. The van der Waals surface area contributed by atoms with Gasteiger partial charge in [-0.1, -0.05) is 17.8 Å². The number of hydrogen-bond donors (Lipinski definition) is 1. The Kier molecular flexibility index (Phi) is 1.17. The Morgan fingerprint density at radius 3 is 2.83 bits per heavy atom. The summed E-state index contributed by atoms with van der Waals surface area (Å²) in [5.74, 6) is 0. The summed E-state index contributed by atoms with van der Waals surface area (Å²) in [6.07, 6.45) is 2.67. The molecule has 1 heterocycles. The summed E-state index contributed by atoms with van der Waals surface area (Å²) in [6.45, 7) is 0. The van der Waals surface area contributed by atoms with Crippen molar-refractivity contribution >= 4 is 11.8 Å². The average Bonchev–Trinajstić information content (AvgIpc) is 1.86. The molecule has 33 valence electrons. The van der Waals surface area contributed by atoms with Gasteiger partial charge in [0.15, 0.2) is 5.44 Å². The van der Waals surface area contributed by atoms with Crippen molar-refractivity contribution in [2.24, 2.45) is 0 Å². The molecule has 0 saturated heterocycles. The Hall–Kier alpha value is 0.0500. The molecular formula is C4H5OS. The molecule has 1 N–H and O–H groups in total. The first-order chi connectivity index (χ1) is 2.89. The molecule has 0 spiro atoms. The third-order valence-corrected chi connectivity index (χ3v) is 1.36. The molecule has 0 aromatic carbocycles. The Bertz CT molecular complexity index is 61.9. The quantitative estimate of drug-likeness (QED) is 0.499. The zero-order valence-corrected chi connectivity index (χ0v) is 4.03. The lowest BCUT2D eigenvalue weighted by Crippen LogP contribution is -1.76. The molecule has 1 nitrogen and oxygen atoms in total. The van der Waals surface area contributed by atoms with E-state index in [1.807, 2.05) is 11.5 Å². The maximum atomic E-state index is 8.55. The molecule has 0 aromatic heterocycles. The molecule has 0 aliphatic carbocycles. The Balaban J connectivity index is 2.32. The largest absolute Gasteiger partial charge is 0.375 e. The zero-order chi connectivity index (χ0) is 4.41. The van der Waals surface area contributed by atoms with Crippen LogP contribution in [0.1, 0.15) is 6.42 Å². The van der Waals surface area contributed by atoms with E-state index < -0.39 is 0 Å². The van der Waals surface area contributed by atoms with Gasteiger partial charge in [0, 0.05) is 6.42 Å². The van der Waals surface area contributed by atoms with Crippen LogP contribution in [-0.2, 0) is 0 Å². The molecule has 0 fully saturated rings. The van der Waals surface area contributed by atoms with Crippen molar-refractivity contribution in [3.63, 3.8) is 0 Å². The highest BCUT2D eigenvalue weighted by Gasteiger charge is 2.04. The number of rotatable bonds is 0. The van der Waals surface area contributed by atoms with Crippen LogP contribution in [0.25, 0.3) is 0 Å². The van der Waals surface area contributed by atoms with Crippen LogP contribution >= 0.6 is 11.8 Å². The van der Waals surface area contributed by atoms with E-state index in [4.69, 9.17) is 5.11 Å². The number of hydrogen-bond acceptors (Lipinski definition) is 2. The topological polar surface area (TPSA) is 20.2 Å². The van der Waals surface area contributed by atoms with Crippen molar-refractivity contribution in [3.8, 4) is 0 Å². The SMILES string of the molecule is O[C]1CC=CS1. The van der Waals surface area contributed by atoms with Crippen LogP contribution in [0.4, 0.5) is 0 Å². The highest BCUT2D eigenvalue weighted by Crippen LogP contribution is 2.27. The maximum Gasteiger partial charge on any atom is 0.156 e. The fraction of sp³-hybridized carbons (Fsp3) is 0.250. The van der Waals surface area contributed by atoms with Gasteiger partial charge in [-0.15, -0.1) is 0 Å². The van der Waals surface area contributed by atoms with E-state index in [-0.39, 0.29) is 0 Å². The molecular weight excluding hydrogens is 96.1 g/mol. The molecule has 0 aromatic rings. The minimum atomic E-state index is 0.509. The van der Waals surface area contributed by atoms with E-state index in [1.165, 1.54) is 11.8 Å². The summed E-state index contributed by atoms with van der Waals surface area (Å²) in [4.78, 5) is 0. The molecule has 1 aliphatic heterocycles. The summed E-state index contributed by atoms with van der Waals surface area (Å²) in [7, 11) is 0. The number of aliphatic hydroxyl groups excluding tert-OH is 1. The van der Waals surface area contributed by atoms with E-state index in [2.05, 4.69) is 0 Å². The summed E-state index contributed by atoms with van der Waals surface area (Å²) in [6, 6.07) is 0. The van der Waals surface area contributed by atoms with Crippen molar-refractivity contribution in [1.29, 1.82) is 0 Å². The molecule has 0 bridgehead atoms. The zero-order valence-electron chi connectivity index (χ0n) is 3.22. The third kappa shape index (κ3) is 0.758. The smallest absolute Gasteiger partial charge is 0.156 e. The lowest BCUT2D eigenvalue weighted by atomic mass is 10.5. The molecule has 0 saturated carbocycles. The predicted octanol–water partition coefficient (Wildman–Crippen LogP) is 1.50. The molecule has 1 rings (SSSR count).